The minimum Gasteiger partial charge on any atom is -0.397 e. The Labute approximate surface area is 93.5 Å². The van der Waals surface area contributed by atoms with Gasteiger partial charge >= 0.3 is 0 Å². The largest absolute Gasteiger partial charge is 0.397 e. The second-order valence-corrected chi connectivity index (χ2v) is 4.46. The molecule has 0 unspecified atom stereocenters. The molecule has 0 bridgehead atoms. The molecule has 2 rings (SSSR count). The molecule has 2 nitrogen and oxygen atoms in total. The summed E-state index contributed by atoms with van der Waals surface area (Å²) in [5.74, 6) is 0. The molecule has 0 saturated carbocycles. The fraction of sp³-hybridized carbons (Fsp3) is 0.167. The standard InChI is InChI=1S/C12H14N2S/c1-2-12-9(5-6-15-12)8-3-4-10(13)11(14)7-8/h3-7H,2,13-14H2,1H3. The zero-order valence-corrected chi connectivity index (χ0v) is 9.47. The molecule has 15 heavy (non-hydrogen) atoms. The van der Waals surface area contributed by atoms with Crippen LogP contribution in [0.1, 0.15) is 11.8 Å². The lowest BCUT2D eigenvalue weighted by molar-refractivity contribution is 1.19. The number of nitrogen functional groups attached to an aromatic ring is 2. The van der Waals surface area contributed by atoms with Crippen molar-refractivity contribution in [2.24, 2.45) is 0 Å². The molecule has 1 aromatic heterocycles. The van der Waals surface area contributed by atoms with E-state index in [4.69, 9.17) is 11.5 Å². The van der Waals surface area contributed by atoms with E-state index in [2.05, 4.69) is 18.4 Å². The molecule has 0 fully saturated rings. The van der Waals surface area contributed by atoms with Gasteiger partial charge in [-0.2, -0.15) is 0 Å². The molecule has 0 aliphatic carbocycles. The third-order valence-electron chi connectivity index (χ3n) is 2.46. The summed E-state index contributed by atoms with van der Waals surface area (Å²) >= 11 is 1.78. The lowest BCUT2D eigenvalue weighted by atomic mass is 10.0. The highest BCUT2D eigenvalue weighted by Crippen LogP contribution is 2.31. The molecular weight excluding hydrogens is 204 g/mol. The Morgan fingerprint density at radius 3 is 2.60 bits per heavy atom. The summed E-state index contributed by atoms with van der Waals surface area (Å²) in [6.07, 6.45) is 1.05. The van der Waals surface area contributed by atoms with E-state index < -0.39 is 0 Å². The predicted molar refractivity (Wildman–Crippen MR) is 68.0 cm³/mol. The fourth-order valence-corrected chi connectivity index (χ4v) is 2.46. The summed E-state index contributed by atoms with van der Waals surface area (Å²) in [4.78, 5) is 1.39. The number of anilines is 2. The summed E-state index contributed by atoms with van der Waals surface area (Å²) in [6.45, 7) is 2.16. The van der Waals surface area contributed by atoms with Gasteiger partial charge in [0.25, 0.3) is 0 Å². The van der Waals surface area contributed by atoms with Gasteiger partial charge in [0, 0.05) is 4.88 Å². The first kappa shape index (κ1) is 10.1. The van der Waals surface area contributed by atoms with Crippen molar-refractivity contribution in [3.63, 3.8) is 0 Å². The predicted octanol–water partition coefficient (Wildman–Crippen LogP) is 3.14. The number of nitrogens with two attached hydrogens (primary N) is 2. The first-order chi connectivity index (χ1) is 7.22. The SMILES string of the molecule is CCc1sccc1-c1ccc(N)c(N)c1. The fourth-order valence-electron chi connectivity index (χ4n) is 1.61. The average Bonchev–Trinajstić information content (AvgIpc) is 2.70. The Balaban J connectivity index is 2.50. The van der Waals surface area contributed by atoms with E-state index in [1.807, 2.05) is 18.2 Å². The van der Waals surface area contributed by atoms with E-state index in [1.165, 1.54) is 10.4 Å². The molecule has 2 aromatic rings. The van der Waals surface area contributed by atoms with Gasteiger partial charge in [-0.3, -0.25) is 0 Å². The third kappa shape index (κ3) is 1.83. The number of rotatable bonds is 2. The lowest BCUT2D eigenvalue weighted by Crippen LogP contribution is -1.94. The summed E-state index contributed by atoms with van der Waals surface area (Å²) in [5, 5.41) is 2.11. The summed E-state index contributed by atoms with van der Waals surface area (Å²) in [7, 11) is 0. The van der Waals surface area contributed by atoms with E-state index in [-0.39, 0.29) is 0 Å². The molecule has 0 aliphatic heterocycles. The number of hydrogen-bond acceptors (Lipinski definition) is 3. The zero-order valence-electron chi connectivity index (χ0n) is 8.66. The molecular formula is C12H14N2S. The highest BCUT2D eigenvalue weighted by atomic mass is 32.1. The van der Waals surface area contributed by atoms with Crippen LogP contribution >= 0.6 is 11.3 Å². The number of benzene rings is 1. The monoisotopic (exact) mass is 218 g/mol. The smallest absolute Gasteiger partial charge is 0.0554 e. The van der Waals surface area contributed by atoms with E-state index in [1.54, 1.807) is 11.3 Å². The van der Waals surface area contributed by atoms with Crippen LogP contribution in [0.5, 0.6) is 0 Å². The third-order valence-corrected chi connectivity index (χ3v) is 3.53. The second-order valence-electron chi connectivity index (χ2n) is 3.45. The minimum atomic E-state index is 0.645. The first-order valence-corrected chi connectivity index (χ1v) is 5.82. The zero-order chi connectivity index (χ0) is 10.8. The van der Waals surface area contributed by atoms with Gasteiger partial charge in [0.05, 0.1) is 11.4 Å². The highest BCUT2D eigenvalue weighted by Gasteiger charge is 2.06. The Morgan fingerprint density at radius 2 is 1.93 bits per heavy atom. The van der Waals surface area contributed by atoms with Gasteiger partial charge in [-0.05, 0) is 41.1 Å². The summed E-state index contributed by atoms with van der Waals surface area (Å²) in [6, 6.07) is 7.96. The van der Waals surface area contributed by atoms with Gasteiger partial charge in [0.15, 0.2) is 0 Å². The van der Waals surface area contributed by atoms with Crippen molar-refractivity contribution in [3.05, 3.63) is 34.5 Å². The van der Waals surface area contributed by atoms with Crippen molar-refractivity contribution in [3.8, 4) is 11.1 Å². The Morgan fingerprint density at radius 1 is 1.13 bits per heavy atom. The van der Waals surface area contributed by atoms with E-state index in [9.17, 15) is 0 Å². The van der Waals surface area contributed by atoms with E-state index >= 15 is 0 Å². The molecule has 0 spiro atoms. The highest BCUT2D eigenvalue weighted by molar-refractivity contribution is 7.10. The molecule has 0 radical (unpaired) electrons. The van der Waals surface area contributed by atoms with Gasteiger partial charge in [-0.25, -0.2) is 0 Å². The molecule has 0 saturated heterocycles. The normalized spacial score (nSPS) is 10.5. The van der Waals surface area contributed by atoms with Crippen LogP contribution < -0.4 is 11.5 Å². The van der Waals surface area contributed by atoms with Gasteiger partial charge in [-0.1, -0.05) is 13.0 Å². The summed E-state index contributed by atoms with van der Waals surface area (Å²) < 4.78 is 0. The number of hydrogen-bond donors (Lipinski definition) is 2. The Hall–Kier alpha value is -1.48. The molecule has 78 valence electrons. The van der Waals surface area contributed by atoms with Crippen molar-refractivity contribution < 1.29 is 0 Å². The van der Waals surface area contributed by atoms with Crippen molar-refractivity contribution in [2.75, 3.05) is 11.5 Å². The van der Waals surface area contributed by atoms with Gasteiger partial charge < -0.3 is 11.5 Å². The van der Waals surface area contributed by atoms with Crippen LogP contribution in [-0.4, -0.2) is 0 Å². The molecule has 0 amide bonds. The van der Waals surface area contributed by atoms with Gasteiger partial charge in [0.1, 0.15) is 0 Å². The van der Waals surface area contributed by atoms with E-state index in [0.717, 1.165) is 12.0 Å². The van der Waals surface area contributed by atoms with Crippen LogP contribution in [0.25, 0.3) is 11.1 Å². The van der Waals surface area contributed by atoms with Crippen LogP contribution in [0.4, 0.5) is 11.4 Å². The molecule has 3 heteroatoms. The van der Waals surface area contributed by atoms with Crippen LogP contribution in [-0.2, 0) is 6.42 Å². The maximum absolute atomic E-state index is 5.80. The number of aryl methyl sites for hydroxylation is 1. The van der Waals surface area contributed by atoms with Gasteiger partial charge in [0.2, 0.25) is 0 Å². The molecule has 4 N–H and O–H groups in total. The summed E-state index contributed by atoms with van der Waals surface area (Å²) in [5.41, 5.74) is 15.2. The maximum atomic E-state index is 5.80. The quantitative estimate of drug-likeness (QED) is 0.761. The molecule has 1 heterocycles. The van der Waals surface area contributed by atoms with Crippen LogP contribution in [0, 0.1) is 0 Å². The topological polar surface area (TPSA) is 52.0 Å². The van der Waals surface area contributed by atoms with Crippen molar-refractivity contribution in [2.45, 2.75) is 13.3 Å². The van der Waals surface area contributed by atoms with Gasteiger partial charge in [-0.15, -0.1) is 11.3 Å². The van der Waals surface area contributed by atoms with Crippen molar-refractivity contribution in [1.29, 1.82) is 0 Å². The Bertz CT molecular complexity index is 474. The maximum Gasteiger partial charge on any atom is 0.0554 e. The molecule has 0 aliphatic rings. The van der Waals surface area contributed by atoms with Crippen LogP contribution in [0.15, 0.2) is 29.6 Å². The van der Waals surface area contributed by atoms with Crippen molar-refractivity contribution in [1.82, 2.24) is 0 Å². The first-order valence-electron chi connectivity index (χ1n) is 4.94. The van der Waals surface area contributed by atoms with Crippen LogP contribution in [0.3, 0.4) is 0 Å². The number of thiophene rings is 1. The second kappa shape index (κ2) is 3.95. The Kier molecular flexibility index (Phi) is 2.64. The minimum absolute atomic E-state index is 0.645. The average molecular weight is 218 g/mol. The van der Waals surface area contributed by atoms with E-state index in [0.29, 0.717) is 11.4 Å². The molecule has 1 aromatic carbocycles. The lowest BCUT2D eigenvalue weighted by Gasteiger charge is -2.05. The van der Waals surface area contributed by atoms with Crippen LogP contribution in [0.2, 0.25) is 0 Å². The van der Waals surface area contributed by atoms with Crippen molar-refractivity contribution >= 4 is 22.7 Å². The molecule has 0 atom stereocenters.